The van der Waals surface area contributed by atoms with E-state index < -0.39 is 0 Å². The Hall–Kier alpha value is -4.71. The van der Waals surface area contributed by atoms with Gasteiger partial charge in [-0.25, -0.2) is 9.50 Å². The highest BCUT2D eigenvalue weighted by Crippen LogP contribution is 2.33. The number of nitrogens with zero attached hydrogens (tertiary/aromatic N) is 6. The predicted octanol–water partition coefficient (Wildman–Crippen LogP) is 3.86. The molecule has 0 saturated carbocycles. The number of nitriles is 1. The summed E-state index contributed by atoms with van der Waals surface area (Å²) in [5.74, 6) is 0. The molecule has 0 bridgehead atoms. The summed E-state index contributed by atoms with van der Waals surface area (Å²) >= 11 is 0. The highest BCUT2D eigenvalue weighted by atomic mass is 15.3. The normalized spacial score (nSPS) is 11.3. The van der Waals surface area contributed by atoms with Gasteiger partial charge in [-0.3, -0.25) is 4.68 Å². The Morgan fingerprint density at radius 1 is 1.35 bits per heavy atom. The van der Waals surface area contributed by atoms with E-state index in [1.807, 2.05) is 43.7 Å². The van der Waals surface area contributed by atoms with E-state index in [0.717, 1.165) is 34.5 Å². The van der Waals surface area contributed by atoms with Crippen LogP contribution in [0.4, 0.5) is 5.69 Å². The van der Waals surface area contributed by atoms with Crippen molar-refractivity contribution in [2.45, 2.75) is 19.9 Å². The molecule has 0 unspecified atom stereocenters. The van der Waals surface area contributed by atoms with E-state index in [1.165, 1.54) is 6.21 Å². The maximum Gasteiger partial charge on any atom is 0.164 e. The lowest BCUT2D eigenvalue weighted by Crippen LogP contribution is -2.13. The molecule has 1 aromatic carbocycles. The minimum absolute atomic E-state index is 0.449. The number of benzene rings is 1. The van der Waals surface area contributed by atoms with Crippen LogP contribution < -0.4 is 10.6 Å². The van der Waals surface area contributed by atoms with E-state index in [2.05, 4.69) is 40.3 Å². The van der Waals surface area contributed by atoms with Crippen LogP contribution >= 0.6 is 0 Å². The first-order valence-corrected chi connectivity index (χ1v) is 10.8. The zero-order chi connectivity index (χ0) is 24.1. The van der Waals surface area contributed by atoms with Gasteiger partial charge in [-0.1, -0.05) is 19.6 Å². The Balaban J connectivity index is 1.79. The summed E-state index contributed by atoms with van der Waals surface area (Å²) in [7, 11) is 1.81. The van der Waals surface area contributed by atoms with E-state index in [0.29, 0.717) is 29.1 Å². The zero-order valence-electron chi connectivity index (χ0n) is 19.1. The molecule has 3 heterocycles. The van der Waals surface area contributed by atoms with Gasteiger partial charge in [0.1, 0.15) is 5.69 Å². The Morgan fingerprint density at radius 2 is 2.21 bits per heavy atom. The summed E-state index contributed by atoms with van der Waals surface area (Å²) in [6.45, 7) is 6.75. The second kappa shape index (κ2) is 9.83. The van der Waals surface area contributed by atoms with E-state index in [4.69, 9.17) is 10.5 Å². The summed E-state index contributed by atoms with van der Waals surface area (Å²) in [4.78, 5) is 4.42. The van der Waals surface area contributed by atoms with Crippen molar-refractivity contribution in [3.05, 3.63) is 84.1 Å². The molecule has 34 heavy (non-hydrogen) atoms. The van der Waals surface area contributed by atoms with Crippen molar-refractivity contribution in [2.24, 2.45) is 0 Å². The summed E-state index contributed by atoms with van der Waals surface area (Å²) in [5.41, 5.74) is 6.94. The monoisotopic (exact) mass is 451 g/mol. The van der Waals surface area contributed by atoms with Gasteiger partial charge in [0.05, 0.1) is 35.6 Å². The molecular formula is C25H25N9. The molecule has 4 rings (SSSR count). The third-order valence-electron chi connectivity index (χ3n) is 5.46. The first kappa shape index (κ1) is 22.5. The molecule has 0 fully saturated rings. The number of anilines is 1. The van der Waals surface area contributed by atoms with Gasteiger partial charge >= 0.3 is 0 Å². The lowest BCUT2D eigenvalue weighted by Gasteiger charge is -2.11. The van der Waals surface area contributed by atoms with Gasteiger partial charge in [0, 0.05) is 48.8 Å². The minimum atomic E-state index is 0.449. The number of hydrogen-bond acceptors (Lipinski definition) is 7. The summed E-state index contributed by atoms with van der Waals surface area (Å²) in [5, 5.41) is 32.5. The SMILES string of the molecule is C=C(Nc1cn(C/C(=C/C=N)NC)nc1-c1cc(C#N)ccc1CC)c1cnn2cccnc12. The van der Waals surface area contributed by atoms with E-state index in [-0.39, 0.29) is 0 Å². The summed E-state index contributed by atoms with van der Waals surface area (Å²) < 4.78 is 3.49. The van der Waals surface area contributed by atoms with Crippen molar-refractivity contribution in [1.82, 2.24) is 29.7 Å². The van der Waals surface area contributed by atoms with Crippen LogP contribution in [0.1, 0.15) is 23.6 Å². The van der Waals surface area contributed by atoms with Crippen LogP contribution in [0.25, 0.3) is 22.6 Å². The molecule has 0 aliphatic heterocycles. The third-order valence-corrected chi connectivity index (χ3v) is 5.46. The number of nitrogens with one attached hydrogen (secondary N) is 3. The van der Waals surface area contributed by atoms with Gasteiger partial charge in [-0.05, 0) is 36.3 Å². The Morgan fingerprint density at radius 3 is 2.94 bits per heavy atom. The molecule has 0 spiro atoms. The number of aromatic nitrogens is 5. The molecule has 0 amide bonds. The molecule has 4 aromatic rings. The van der Waals surface area contributed by atoms with Crippen LogP contribution in [0.15, 0.2) is 67.4 Å². The van der Waals surface area contributed by atoms with E-state index >= 15 is 0 Å². The molecule has 3 N–H and O–H groups in total. The first-order chi connectivity index (χ1) is 16.6. The van der Waals surface area contributed by atoms with Crippen LogP contribution in [0.5, 0.6) is 0 Å². The average molecular weight is 452 g/mol. The molecular weight excluding hydrogens is 426 g/mol. The second-order valence-electron chi connectivity index (χ2n) is 7.58. The van der Waals surface area contributed by atoms with Crippen LogP contribution in [0, 0.1) is 16.7 Å². The molecule has 0 aliphatic rings. The molecule has 0 aliphatic carbocycles. The standard InChI is InChI=1S/C25H25N9/c1-4-19-7-6-18(13-27)12-21(19)24-23(16-33(32-24)15-20(28-3)8-9-26)31-17(2)22-14-30-34-11-5-10-29-25(22)34/h5-12,14,16,26,28,31H,2,4,15H2,1,3H3/b20-8-,26-9?. The largest absolute Gasteiger partial charge is 0.390 e. The van der Waals surface area contributed by atoms with Crippen molar-refractivity contribution in [3.8, 4) is 17.3 Å². The summed E-state index contributed by atoms with van der Waals surface area (Å²) in [6, 6.07) is 9.69. The van der Waals surface area contributed by atoms with Gasteiger partial charge in [-0.15, -0.1) is 0 Å². The smallest absolute Gasteiger partial charge is 0.164 e. The molecule has 0 radical (unpaired) electrons. The van der Waals surface area contributed by atoms with Crippen molar-refractivity contribution >= 4 is 23.2 Å². The fourth-order valence-electron chi connectivity index (χ4n) is 3.73. The number of aryl methyl sites for hydroxylation is 1. The highest BCUT2D eigenvalue weighted by Gasteiger charge is 2.18. The maximum absolute atomic E-state index is 9.47. The fraction of sp³-hybridized carbons (Fsp3) is 0.160. The van der Waals surface area contributed by atoms with Gasteiger partial charge in [0.2, 0.25) is 0 Å². The van der Waals surface area contributed by atoms with Crippen molar-refractivity contribution in [3.63, 3.8) is 0 Å². The molecule has 9 heteroatoms. The maximum atomic E-state index is 9.47. The van der Waals surface area contributed by atoms with E-state index in [1.54, 1.807) is 27.7 Å². The molecule has 9 nitrogen and oxygen atoms in total. The lowest BCUT2D eigenvalue weighted by molar-refractivity contribution is 0.651. The molecule has 0 atom stereocenters. The summed E-state index contributed by atoms with van der Waals surface area (Å²) in [6.07, 6.45) is 10.9. The van der Waals surface area contributed by atoms with Crippen molar-refractivity contribution < 1.29 is 0 Å². The number of rotatable bonds is 9. The van der Waals surface area contributed by atoms with Gasteiger partial charge < -0.3 is 16.0 Å². The lowest BCUT2D eigenvalue weighted by atomic mass is 9.99. The average Bonchev–Trinajstić information content (AvgIpc) is 3.47. The molecule has 0 saturated heterocycles. The predicted molar refractivity (Wildman–Crippen MR) is 133 cm³/mol. The quantitative estimate of drug-likeness (QED) is 0.332. The van der Waals surface area contributed by atoms with Gasteiger partial charge in [0.25, 0.3) is 0 Å². The van der Waals surface area contributed by atoms with Crippen LogP contribution in [-0.2, 0) is 13.0 Å². The van der Waals surface area contributed by atoms with Gasteiger partial charge in [-0.2, -0.15) is 15.5 Å². The third kappa shape index (κ3) is 4.42. The topological polar surface area (TPSA) is 120 Å². The van der Waals surface area contributed by atoms with Crippen LogP contribution in [0.3, 0.4) is 0 Å². The Kier molecular flexibility index (Phi) is 6.50. The van der Waals surface area contributed by atoms with Crippen molar-refractivity contribution in [1.29, 1.82) is 10.7 Å². The Labute approximate surface area is 197 Å². The zero-order valence-corrected chi connectivity index (χ0v) is 19.1. The first-order valence-electron chi connectivity index (χ1n) is 10.8. The number of allylic oxidation sites excluding steroid dienone is 2. The Bertz CT molecular complexity index is 1430. The number of likely N-dealkylation sites (N-methyl/N-ethyl adjacent to an activating group) is 1. The fourth-order valence-corrected chi connectivity index (χ4v) is 3.73. The van der Waals surface area contributed by atoms with E-state index in [9.17, 15) is 5.26 Å². The highest BCUT2D eigenvalue weighted by molar-refractivity contribution is 5.87. The van der Waals surface area contributed by atoms with Crippen LogP contribution in [-0.4, -0.2) is 37.6 Å². The van der Waals surface area contributed by atoms with Gasteiger partial charge in [0.15, 0.2) is 5.65 Å². The number of hydrogen-bond donors (Lipinski definition) is 3. The number of fused-ring (bicyclic) bond motifs is 1. The molecule has 170 valence electrons. The second-order valence-corrected chi connectivity index (χ2v) is 7.58. The van der Waals surface area contributed by atoms with Crippen molar-refractivity contribution in [2.75, 3.05) is 12.4 Å². The van der Waals surface area contributed by atoms with Crippen LogP contribution in [0.2, 0.25) is 0 Å². The minimum Gasteiger partial charge on any atom is -0.390 e. The molecule has 3 aromatic heterocycles.